The molecule has 5 rings (SSSR count). The van der Waals surface area contributed by atoms with Crippen molar-refractivity contribution in [3.63, 3.8) is 0 Å². The van der Waals surface area contributed by atoms with Crippen LogP contribution in [-0.4, -0.2) is 58.5 Å². The number of nitrogens with two attached hydrogens (primary N) is 1. The van der Waals surface area contributed by atoms with Crippen LogP contribution in [0.25, 0.3) is 27.8 Å². The summed E-state index contributed by atoms with van der Waals surface area (Å²) >= 11 is 0. The van der Waals surface area contributed by atoms with Crippen molar-refractivity contribution in [2.45, 2.75) is 12.1 Å². The predicted molar refractivity (Wildman–Crippen MR) is 113 cm³/mol. The first-order valence-corrected chi connectivity index (χ1v) is 9.69. The van der Waals surface area contributed by atoms with E-state index in [1.165, 1.54) is 6.20 Å². The maximum Gasteiger partial charge on any atom is 0.254 e. The summed E-state index contributed by atoms with van der Waals surface area (Å²) in [6.07, 6.45) is 3.50. The Kier molecular flexibility index (Phi) is 4.41. The smallest absolute Gasteiger partial charge is 0.254 e. The van der Waals surface area contributed by atoms with Crippen molar-refractivity contribution in [2.75, 3.05) is 32.7 Å². The van der Waals surface area contributed by atoms with Gasteiger partial charge in [-0.15, -0.1) is 0 Å². The molecule has 9 nitrogen and oxygen atoms in total. The Balaban J connectivity index is 1.75. The van der Waals surface area contributed by atoms with Gasteiger partial charge in [-0.05, 0) is 6.07 Å². The van der Waals surface area contributed by atoms with Crippen LogP contribution >= 0.6 is 0 Å². The number of benzene rings is 1. The number of amides is 1. The molecule has 3 N–H and O–H groups in total. The molecule has 1 aromatic carbocycles. The first-order valence-electron chi connectivity index (χ1n) is 9.69. The lowest BCUT2D eigenvalue weighted by molar-refractivity contribution is 0.0693. The number of anilines is 1. The molecule has 1 saturated heterocycles. The van der Waals surface area contributed by atoms with Gasteiger partial charge >= 0.3 is 0 Å². The number of fused-ring (bicyclic) bond motifs is 2. The largest absolute Gasteiger partial charge is 0.377 e. The van der Waals surface area contributed by atoms with Gasteiger partial charge in [-0.3, -0.25) is 4.79 Å². The maximum absolute atomic E-state index is 11.9. The Morgan fingerprint density at radius 2 is 2.17 bits per heavy atom. The third kappa shape index (κ3) is 2.74. The van der Waals surface area contributed by atoms with Crippen LogP contribution in [-0.2, 0) is 9.47 Å². The van der Waals surface area contributed by atoms with E-state index in [2.05, 4.69) is 33.3 Å². The molecule has 0 spiro atoms. The highest BCUT2D eigenvalue weighted by atomic mass is 16.5. The number of hydrogen-bond donors (Lipinski definition) is 2. The van der Waals surface area contributed by atoms with E-state index in [4.69, 9.17) is 20.2 Å². The van der Waals surface area contributed by atoms with E-state index in [9.17, 15) is 4.79 Å². The minimum absolute atomic E-state index is 0.0201. The molecule has 0 unspecified atom stereocenters. The highest BCUT2D eigenvalue weighted by Gasteiger charge is 2.31. The fraction of sp³-hybridized carbons (Fsp3) is 0.286. The number of carbonyl (C=O) groups excluding carboxylic acids is 1. The van der Waals surface area contributed by atoms with Crippen molar-refractivity contribution >= 4 is 28.3 Å². The van der Waals surface area contributed by atoms with E-state index in [-0.39, 0.29) is 17.7 Å². The number of nitrogens with zero attached hydrogens (tertiary/aromatic N) is 4. The lowest BCUT2D eigenvalue weighted by atomic mass is 10.1. The van der Waals surface area contributed by atoms with Crippen LogP contribution in [0.1, 0.15) is 16.4 Å². The summed E-state index contributed by atoms with van der Waals surface area (Å²) < 4.78 is 15.1. The molecule has 1 aliphatic rings. The number of methoxy groups -OCH3 is 1. The number of hydrogen-bond acceptors (Lipinski definition) is 6. The Morgan fingerprint density at radius 3 is 2.93 bits per heavy atom. The number of ether oxygens (including phenoxy) is 2. The molecule has 1 amide bonds. The number of aromatic nitrogens is 4. The van der Waals surface area contributed by atoms with Gasteiger partial charge in [-0.25, -0.2) is 4.98 Å². The normalized spacial score (nSPS) is 19.0. The molecule has 1 fully saturated rings. The molecule has 4 aromatic rings. The van der Waals surface area contributed by atoms with Crippen LogP contribution in [0.5, 0.6) is 0 Å². The van der Waals surface area contributed by atoms with Crippen LogP contribution in [0.3, 0.4) is 0 Å². The minimum Gasteiger partial charge on any atom is -0.377 e. The average molecular weight is 406 g/mol. The van der Waals surface area contributed by atoms with Crippen molar-refractivity contribution in [3.05, 3.63) is 48.3 Å². The second kappa shape index (κ2) is 7.12. The fourth-order valence-electron chi connectivity index (χ4n) is 4.14. The van der Waals surface area contributed by atoms with E-state index in [0.29, 0.717) is 24.7 Å². The SMILES string of the molecule is CNc1cc(-c2cn([C@H]3COC[C@@H]3OC)c3ccccc23)nc2c(C(N)=O)cnn12. The molecule has 2 atom stereocenters. The Morgan fingerprint density at radius 1 is 1.33 bits per heavy atom. The van der Waals surface area contributed by atoms with Crippen molar-refractivity contribution < 1.29 is 14.3 Å². The van der Waals surface area contributed by atoms with E-state index in [1.807, 2.05) is 18.2 Å². The topological polar surface area (TPSA) is 109 Å². The summed E-state index contributed by atoms with van der Waals surface area (Å²) in [5.74, 6) is 0.142. The monoisotopic (exact) mass is 406 g/mol. The quantitative estimate of drug-likeness (QED) is 0.525. The van der Waals surface area contributed by atoms with Crippen molar-refractivity contribution in [1.82, 2.24) is 19.2 Å². The lowest BCUT2D eigenvalue weighted by Gasteiger charge is -2.19. The second-order valence-electron chi connectivity index (χ2n) is 7.28. The van der Waals surface area contributed by atoms with Crippen LogP contribution in [0, 0.1) is 0 Å². The Labute approximate surface area is 172 Å². The molecule has 9 heteroatoms. The number of primary amides is 1. The zero-order chi connectivity index (χ0) is 20.8. The summed E-state index contributed by atoms with van der Waals surface area (Å²) in [5, 5.41) is 8.42. The van der Waals surface area contributed by atoms with Crippen molar-refractivity contribution in [3.8, 4) is 11.3 Å². The molecule has 0 saturated carbocycles. The Bertz CT molecular complexity index is 1260. The lowest BCUT2D eigenvalue weighted by Crippen LogP contribution is -2.23. The molecule has 154 valence electrons. The molecule has 3 aromatic heterocycles. The summed E-state index contributed by atoms with van der Waals surface area (Å²) in [5.41, 5.74) is 8.96. The van der Waals surface area contributed by atoms with Gasteiger partial charge in [-0.1, -0.05) is 18.2 Å². The van der Waals surface area contributed by atoms with Crippen LogP contribution in [0.15, 0.2) is 42.7 Å². The van der Waals surface area contributed by atoms with Gasteiger partial charge in [0.05, 0.1) is 31.1 Å². The highest BCUT2D eigenvalue weighted by molar-refractivity contribution is 6.00. The van der Waals surface area contributed by atoms with Crippen molar-refractivity contribution in [2.24, 2.45) is 5.73 Å². The van der Waals surface area contributed by atoms with Crippen LogP contribution < -0.4 is 11.1 Å². The molecule has 30 heavy (non-hydrogen) atoms. The highest BCUT2D eigenvalue weighted by Crippen LogP contribution is 2.35. The van der Waals surface area contributed by atoms with Gasteiger partial charge in [-0.2, -0.15) is 9.61 Å². The molecule has 0 bridgehead atoms. The zero-order valence-corrected chi connectivity index (χ0v) is 16.7. The van der Waals surface area contributed by atoms with Gasteiger partial charge in [0.1, 0.15) is 17.5 Å². The second-order valence-corrected chi connectivity index (χ2v) is 7.28. The number of rotatable bonds is 5. The first-order chi connectivity index (χ1) is 14.6. The van der Waals surface area contributed by atoms with E-state index >= 15 is 0 Å². The van der Waals surface area contributed by atoms with E-state index in [0.717, 1.165) is 22.2 Å². The summed E-state index contributed by atoms with van der Waals surface area (Å²) in [6.45, 7) is 1.15. The van der Waals surface area contributed by atoms with Gasteiger partial charge in [0, 0.05) is 42.9 Å². The fourth-order valence-corrected chi connectivity index (χ4v) is 4.14. The molecular formula is C21H22N6O3. The third-order valence-corrected chi connectivity index (χ3v) is 5.67. The van der Waals surface area contributed by atoms with Crippen molar-refractivity contribution in [1.29, 1.82) is 0 Å². The minimum atomic E-state index is -0.565. The van der Waals surface area contributed by atoms with E-state index in [1.54, 1.807) is 18.7 Å². The number of carbonyl (C=O) groups is 1. The summed E-state index contributed by atoms with van der Waals surface area (Å²) in [4.78, 5) is 16.6. The molecule has 1 aliphatic heterocycles. The molecule has 0 radical (unpaired) electrons. The summed E-state index contributed by atoms with van der Waals surface area (Å²) in [6, 6.07) is 10.1. The van der Waals surface area contributed by atoms with Gasteiger partial charge in [0.15, 0.2) is 5.65 Å². The maximum atomic E-state index is 11.9. The molecule has 0 aliphatic carbocycles. The summed E-state index contributed by atoms with van der Waals surface area (Å²) in [7, 11) is 3.51. The zero-order valence-electron chi connectivity index (χ0n) is 16.7. The third-order valence-electron chi connectivity index (χ3n) is 5.67. The average Bonchev–Trinajstić information content (AvgIpc) is 3.48. The van der Waals surface area contributed by atoms with Gasteiger partial charge in [0.2, 0.25) is 0 Å². The number of para-hydroxylation sites is 1. The van der Waals surface area contributed by atoms with E-state index < -0.39 is 5.91 Å². The number of nitrogens with one attached hydrogen (secondary N) is 1. The Hall–Kier alpha value is -3.43. The molecule has 4 heterocycles. The van der Waals surface area contributed by atoms with Crippen LogP contribution in [0.4, 0.5) is 5.82 Å². The molecular weight excluding hydrogens is 384 g/mol. The standard InChI is InChI=1S/C21H22N6O3/c1-23-19-7-15(25-21-13(20(22)28)8-24-27(19)21)14-9-26(16-6-4-3-5-12(14)16)17-10-30-11-18(17)29-2/h3-9,17-18,23H,10-11H2,1-2H3,(H2,22,28)/t17-,18-/m0/s1. The van der Waals surface area contributed by atoms with Crippen LogP contribution in [0.2, 0.25) is 0 Å². The predicted octanol–water partition coefficient (Wildman–Crippen LogP) is 2.08. The van der Waals surface area contributed by atoms with Gasteiger partial charge < -0.3 is 25.1 Å². The van der Waals surface area contributed by atoms with Gasteiger partial charge in [0.25, 0.3) is 5.91 Å². The first kappa shape index (κ1) is 18.6.